The molecule has 6 rings (SSSR count). The van der Waals surface area contributed by atoms with Crippen molar-refractivity contribution in [1.82, 2.24) is 19.8 Å². The van der Waals surface area contributed by atoms with Gasteiger partial charge in [-0.15, -0.1) is 0 Å². The van der Waals surface area contributed by atoms with Crippen molar-refractivity contribution in [2.24, 2.45) is 5.41 Å². The summed E-state index contributed by atoms with van der Waals surface area (Å²) >= 11 is 0. The Morgan fingerprint density at radius 1 is 1.03 bits per heavy atom. The van der Waals surface area contributed by atoms with Crippen molar-refractivity contribution >= 4 is 12.0 Å². The van der Waals surface area contributed by atoms with Crippen LogP contribution in [-0.4, -0.2) is 89.5 Å². The number of hydrogen-bond donors (Lipinski definition) is 0. The number of likely N-dealkylation sites (tertiary alicyclic amines) is 1. The summed E-state index contributed by atoms with van der Waals surface area (Å²) in [5, 5.41) is 0. The highest BCUT2D eigenvalue weighted by atomic mass is 16.6. The quantitative estimate of drug-likeness (QED) is 0.608. The van der Waals surface area contributed by atoms with E-state index in [1.165, 1.54) is 5.56 Å². The highest BCUT2D eigenvalue weighted by molar-refractivity contribution is 5.69. The number of carbonyl (C=O) groups excluding carboxylic acids is 1. The Bertz CT molecular complexity index is 1040. The molecule has 1 saturated carbocycles. The fraction of sp³-hybridized carbons (Fsp3) is 0.593. The first-order valence-corrected chi connectivity index (χ1v) is 13.0. The molecule has 1 aromatic carbocycles. The fourth-order valence-corrected chi connectivity index (χ4v) is 6.16. The monoisotopic (exact) mass is 493 g/mol. The molecule has 0 N–H and O–H groups in total. The van der Waals surface area contributed by atoms with E-state index in [1.54, 1.807) is 12.4 Å². The summed E-state index contributed by atoms with van der Waals surface area (Å²) in [6.07, 6.45) is 5.31. The van der Waals surface area contributed by atoms with E-state index in [4.69, 9.17) is 14.2 Å². The minimum Gasteiger partial charge on any atom is -0.482 e. The molecule has 1 aliphatic carbocycles. The van der Waals surface area contributed by atoms with Gasteiger partial charge < -0.3 is 19.1 Å². The van der Waals surface area contributed by atoms with Crippen LogP contribution in [0, 0.1) is 5.41 Å². The Morgan fingerprint density at radius 2 is 1.69 bits per heavy atom. The summed E-state index contributed by atoms with van der Waals surface area (Å²) in [5.74, 6) is 1.31. The first-order chi connectivity index (χ1) is 17.5. The fourth-order valence-electron chi connectivity index (χ4n) is 6.16. The first-order valence-electron chi connectivity index (χ1n) is 13.0. The van der Waals surface area contributed by atoms with Crippen molar-refractivity contribution in [2.45, 2.75) is 57.5 Å². The van der Waals surface area contributed by atoms with Gasteiger partial charge in [0.2, 0.25) is 5.95 Å². The van der Waals surface area contributed by atoms with Gasteiger partial charge in [0, 0.05) is 38.1 Å². The second-order valence-corrected chi connectivity index (χ2v) is 11.1. The van der Waals surface area contributed by atoms with Gasteiger partial charge in [0.1, 0.15) is 12.2 Å². The topological polar surface area (TPSA) is 80.3 Å². The maximum Gasteiger partial charge on any atom is 0.410 e. The second-order valence-electron chi connectivity index (χ2n) is 11.1. The lowest BCUT2D eigenvalue weighted by atomic mass is 9.61. The summed E-state index contributed by atoms with van der Waals surface area (Å²) in [5.41, 5.74) is 1.70. The van der Waals surface area contributed by atoms with Crippen molar-refractivity contribution in [3.63, 3.8) is 0 Å². The largest absolute Gasteiger partial charge is 0.482 e. The normalized spacial score (nSPS) is 26.2. The Labute approximate surface area is 212 Å². The van der Waals surface area contributed by atoms with Gasteiger partial charge >= 0.3 is 6.09 Å². The van der Waals surface area contributed by atoms with Gasteiger partial charge in [0.05, 0.1) is 37.7 Å². The molecule has 1 aromatic heterocycles. The molecule has 4 heterocycles. The number of hydrogen-bond acceptors (Lipinski definition) is 8. The van der Waals surface area contributed by atoms with E-state index in [1.807, 2.05) is 4.90 Å². The lowest BCUT2D eigenvalue weighted by molar-refractivity contribution is -0.137. The second kappa shape index (κ2) is 9.52. The molecule has 1 spiro atoms. The van der Waals surface area contributed by atoms with Crippen molar-refractivity contribution in [3.05, 3.63) is 48.3 Å². The van der Waals surface area contributed by atoms with Crippen LogP contribution in [0.5, 0.6) is 5.75 Å². The average Bonchev–Trinajstić information content (AvgIpc) is 2.79. The Hall–Kier alpha value is -2.91. The highest BCUT2D eigenvalue weighted by Crippen LogP contribution is 2.50. The van der Waals surface area contributed by atoms with Crippen LogP contribution in [0.3, 0.4) is 0 Å². The van der Waals surface area contributed by atoms with Crippen LogP contribution in [0.1, 0.15) is 32.3 Å². The van der Waals surface area contributed by atoms with E-state index >= 15 is 0 Å². The standard InChI is InChI=1S/C27H35N5O4/c1-19-12-31(25-28-10-23(11-29-25)35-24-15-34-16-24)13-20(2)32(19)26(33)36-22-8-27(9-22)17-30(18-27)14-21-6-4-3-5-7-21/h3-7,10-11,19-20,22,24H,8-9,12-18H2,1-2H3/t19-,20+. The Balaban J connectivity index is 0.961. The van der Waals surface area contributed by atoms with Gasteiger partial charge in [-0.05, 0) is 32.3 Å². The molecule has 0 bridgehead atoms. The van der Waals surface area contributed by atoms with Gasteiger partial charge in [-0.3, -0.25) is 9.80 Å². The van der Waals surface area contributed by atoms with E-state index in [0.29, 0.717) is 43.4 Å². The number of rotatable bonds is 6. The minimum absolute atomic E-state index is 0.00649. The molecule has 3 saturated heterocycles. The zero-order valence-corrected chi connectivity index (χ0v) is 21.1. The zero-order chi connectivity index (χ0) is 24.7. The molecule has 0 radical (unpaired) electrons. The number of amides is 1. The van der Waals surface area contributed by atoms with Crippen LogP contribution >= 0.6 is 0 Å². The third kappa shape index (κ3) is 4.74. The van der Waals surface area contributed by atoms with Crippen LogP contribution in [0.25, 0.3) is 0 Å². The number of benzene rings is 1. The van der Waals surface area contributed by atoms with Crippen LogP contribution in [0.2, 0.25) is 0 Å². The van der Waals surface area contributed by atoms with E-state index in [2.05, 4.69) is 63.9 Å². The van der Waals surface area contributed by atoms with Crippen molar-refractivity contribution in [2.75, 3.05) is 44.3 Å². The summed E-state index contributed by atoms with van der Waals surface area (Å²) in [4.78, 5) is 28.6. The predicted molar refractivity (Wildman–Crippen MR) is 134 cm³/mol. The minimum atomic E-state index is -0.192. The van der Waals surface area contributed by atoms with Crippen LogP contribution in [0.4, 0.5) is 10.7 Å². The molecule has 1 amide bonds. The predicted octanol–water partition coefficient (Wildman–Crippen LogP) is 2.95. The van der Waals surface area contributed by atoms with Crippen LogP contribution in [0.15, 0.2) is 42.7 Å². The third-order valence-electron chi connectivity index (χ3n) is 7.89. The number of piperazine rings is 1. The first kappa shape index (κ1) is 23.5. The smallest absolute Gasteiger partial charge is 0.410 e. The number of anilines is 1. The number of nitrogens with zero attached hydrogens (tertiary/aromatic N) is 5. The third-order valence-corrected chi connectivity index (χ3v) is 7.89. The molecule has 3 aliphatic heterocycles. The van der Waals surface area contributed by atoms with Gasteiger partial charge in [-0.25, -0.2) is 14.8 Å². The number of ether oxygens (including phenoxy) is 3. The van der Waals surface area contributed by atoms with E-state index in [9.17, 15) is 4.79 Å². The molecule has 9 heteroatoms. The Morgan fingerprint density at radius 3 is 2.31 bits per heavy atom. The molecule has 36 heavy (non-hydrogen) atoms. The molecule has 2 aromatic rings. The summed E-state index contributed by atoms with van der Waals surface area (Å²) < 4.78 is 16.8. The van der Waals surface area contributed by atoms with E-state index in [-0.39, 0.29) is 30.4 Å². The van der Waals surface area contributed by atoms with Gasteiger partial charge in [0.15, 0.2) is 5.75 Å². The maximum absolute atomic E-state index is 13.1. The lowest BCUT2D eigenvalue weighted by Crippen LogP contribution is -2.65. The van der Waals surface area contributed by atoms with Crippen LogP contribution < -0.4 is 9.64 Å². The molecule has 192 valence electrons. The molecule has 9 nitrogen and oxygen atoms in total. The molecular formula is C27H35N5O4. The molecular weight excluding hydrogens is 458 g/mol. The molecule has 4 aliphatic rings. The number of aromatic nitrogens is 2. The van der Waals surface area contributed by atoms with E-state index < -0.39 is 0 Å². The van der Waals surface area contributed by atoms with Gasteiger partial charge in [0.25, 0.3) is 0 Å². The summed E-state index contributed by atoms with van der Waals surface area (Å²) in [6, 6.07) is 10.6. The average molecular weight is 494 g/mol. The SMILES string of the molecule is C[C@@H]1CN(c2ncc(OC3COC3)cn2)C[C@H](C)N1C(=O)OC1CC2(C1)CN(Cc1ccccc1)C2. The summed E-state index contributed by atoms with van der Waals surface area (Å²) in [6.45, 7) is 9.88. The van der Waals surface area contributed by atoms with Gasteiger partial charge in [-0.2, -0.15) is 0 Å². The maximum atomic E-state index is 13.1. The van der Waals surface area contributed by atoms with Crippen molar-refractivity contribution in [3.8, 4) is 5.75 Å². The highest BCUT2D eigenvalue weighted by Gasteiger charge is 2.54. The molecule has 4 fully saturated rings. The van der Waals surface area contributed by atoms with Gasteiger partial charge in [-0.1, -0.05) is 30.3 Å². The number of carbonyl (C=O) groups is 1. The molecule has 2 atom stereocenters. The summed E-state index contributed by atoms with van der Waals surface area (Å²) in [7, 11) is 0. The van der Waals surface area contributed by atoms with E-state index in [0.717, 1.165) is 32.5 Å². The lowest BCUT2D eigenvalue weighted by Gasteiger charge is -2.58. The molecule has 0 unspecified atom stereocenters. The van der Waals surface area contributed by atoms with Crippen LogP contribution in [-0.2, 0) is 16.0 Å². The Kier molecular flexibility index (Phi) is 6.21. The van der Waals surface area contributed by atoms with Crippen molar-refractivity contribution in [1.29, 1.82) is 0 Å². The zero-order valence-electron chi connectivity index (χ0n) is 21.1. The van der Waals surface area contributed by atoms with Crippen molar-refractivity contribution < 1.29 is 19.0 Å².